The maximum atomic E-state index is 12.2. The zero-order valence-electron chi connectivity index (χ0n) is 14.5. The molecule has 0 fully saturated rings. The maximum absolute atomic E-state index is 12.2. The van der Waals surface area contributed by atoms with E-state index in [0.717, 1.165) is 22.6 Å². The summed E-state index contributed by atoms with van der Waals surface area (Å²) in [6, 6.07) is 7.46. The monoisotopic (exact) mass is 350 g/mol. The van der Waals surface area contributed by atoms with E-state index in [9.17, 15) is 4.79 Å². The van der Waals surface area contributed by atoms with Crippen molar-refractivity contribution in [3.63, 3.8) is 0 Å². The minimum Gasteiger partial charge on any atom is -0.372 e. The molecule has 0 aliphatic rings. The lowest BCUT2D eigenvalue weighted by molar-refractivity contribution is -0.122. The fraction of sp³-hybridized carbons (Fsp3) is 0.444. The van der Waals surface area contributed by atoms with Gasteiger partial charge >= 0.3 is 0 Å². The van der Waals surface area contributed by atoms with Gasteiger partial charge in [0.15, 0.2) is 0 Å². The van der Waals surface area contributed by atoms with E-state index in [-0.39, 0.29) is 5.91 Å². The molecule has 2 rings (SSSR count). The molecule has 130 valence electrons. The van der Waals surface area contributed by atoms with Gasteiger partial charge in [-0.05, 0) is 44.9 Å². The molecule has 6 heteroatoms. The molecule has 0 aliphatic heterocycles. The zero-order chi connectivity index (χ0) is 17.7. The fourth-order valence-electron chi connectivity index (χ4n) is 2.56. The SMILES string of the molecule is COC(C)(CNC(=O)CCc1c(C)noc1C)c1cccc(Cl)c1. The minimum atomic E-state index is -0.635. The van der Waals surface area contributed by atoms with Crippen LogP contribution in [0, 0.1) is 13.8 Å². The second-order valence-corrected chi connectivity index (χ2v) is 6.46. The lowest BCUT2D eigenvalue weighted by Gasteiger charge is -2.29. The van der Waals surface area contributed by atoms with Crippen LogP contribution < -0.4 is 5.32 Å². The third-order valence-electron chi connectivity index (χ3n) is 4.29. The Kier molecular flexibility index (Phi) is 6.02. The smallest absolute Gasteiger partial charge is 0.220 e. The molecule has 0 radical (unpaired) electrons. The molecule has 1 aromatic heterocycles. The van der Waals surface area contributed by atoms with Crippen molar-refractivity contribution in [3.8, 4) is 0 Å². The van der Waals surface area contributed by atoms with E-state index in [1.165, 1.54) is 0 Å². The van der Waals surface area contributed by atoms with Crippen LogP contribution in [0.25, 0.3) is 0 Å². The Morgan fingerprint density at radius 3 is 2.75 bits per heavy atom. The quantitative estimate of drug-likeness (QED) is 0.829. The van der Waals surface area contributed by atoms with Gasteiger partial charge in [0, 0.05) is 24.1 Å². The molecule has 0 saturated carbocycles. The van der Waals surface area contributed by atoms with Crippen molar-refractivity contribution in [2.24, 2.45) is 0 Å². The molecule has 5 nitrogen and oxygen atoms in total. The number of nitrogens with zero attached hydrogens (tertiary/aromatic N) is 1. The second-order valence-electron chi connectivity index (χ2n) is 6.02. The molecule has 0 aliphatic carbocycles. The highest BCUT2D eigenvalue weighted by Crippen LogP contribution is 2.26. The van der Waals surface area contributed by atoms with Crippen LogP contribution in [0.15, 0.2) is 28.8 Å². The Balaban J connectivity index is 1.94. The second kappa shape index (κ2) is 7.81. The van der Waals surface area contributed by atoms with Gasteiger partial charge in [-0.25, -0.2) is 0 Å². The molecule has 1 amide bonds. The highest BCUT2D eigenvalue weighted by atomic mass is 35.5. The first-order chi connectivity index (χ1) is 11.4. The Bertz CT molecular complexity index is 695. The lowest BCUT2D eigenvalue weighted by atomic mass is 9.95. The summed E-state index contributed by atoms with van der Waals surface area (Å²) in [5.41, 5.74) is 2.11. The van der Waals surface area contributed by atoms with Crippen molar-refractivity contribution in [1.29, 1.82) is 0 Å². The normalized spacial score (nSPS) is 13.5. The molecular formula is C18H23ClN2O3. The van der Waals surface area contributed by atoms with Crippen LogP contribution in [0.3, 0.4) is 0 Å². The molecular weight excluding hydrogens is 328 g/mol. The first-order valence-corrected chi connectivity index (χ1v) is 8.23. The van der Waals surface area contributed by atoms with E-state index in [4.69, 9.17) is 20.9 Å². The van der Waals surface area contributed by atoms with Gasteiger partial charge in [-0.15, -0.1) is 0 Å². The number of amides is 1. The molecule has 0 saturated heterocycles. The van der Waals surface area contributed by atoms with Crippen molar-refractivity contribution in [1.82, 2.24) is 10.5 Å². The van der Waals surface area contributed by atoms with Gasteiger partial charge in [0.1, 0.15) is 11.4 Å². The highest BCUT2D eigenvalue weighted by molar-refractivity contribution is 6.30. The summed E-state index contributed by atoms with van der Waals surface area (Å²) < 4.78 is 10.7. The molecule has 0 spiro atoms. The van der Waals surface area contributed by atoms with Crippen LogP contribution >= 0.6 is 11.6 Å². The summed E-state index contributed by atoms with van der Waals surface area (Å²) in [4.78, 5) is 12.2. The summed E-state index contributed by atoms with van der Waals surface area (Å²) in [5.74, 6) is 0.723. The number of benzene rings is 1. The van der Waals surface area contributed by atoms with Gasteiger partial charge < -0.3 is 14.6 Å². The number of hydrogen-bond donors (Lipinski definition) is 1. The van der Waals surface area contributed by atoms with E-state index in [1.807, 2.05) is 45.0 Å². The third kappa shape index (κ3) is 4.36. The zero-order valence-corrected chi connectivity index (χ0v) is 15.2. The highest BCUT2D eigenvalue weighted by Gasteiger charge is 2.27. The van der Waals surface area contributed by atoms with Crippen molar-refractivity contribution in [3.05, 3.63) is 51.9 Å². The predicted molar refractivity (Wildman–Crippen MR) is 93.1 cm³/mol. The summed E-state index contributed by atoms with van der Waals surface area (Å²) in [6.07, 6.45) is 0.978. The minimum absolute atomic E-state index is 0.0414. The first-order valence-electron chi connectivity index (χ1n) is 7.85. The van der Waals surface area contributed by atoms with Crippen molar-refractivity contribution in [2.45, 2.75) is 39.2 Å². The number of aryl methyl sites for hydroxylation is 2. The summed E-state index contributed by atoms with van der Waals surface area (Å²) in [7, 11) is 1.62. The molecule has 0 bridgehead atoms. The van der Waals surface area contributed by atoms with Crippen LogP contribution in [-0.4, -0.2) is 24.7 Å². The number of carbonyl (C=O) groups excluding carboxylic acids is 1. The molecule has 1 N–H and O–H groups in total. The third-order valence-corrected chi connectivity index (χ3v) is 4.53. The number of ether oxygens (including phenoxy) is 1. The Morgan fingerprint density at radius 1 is 1.42 bits per heavy atom. The van der Waals surface area contributed by atoms with Gasteiger partial charge in [-0.3, -0.25) is 4.79 Å². The Hall–Kier alpha value is -1.85. The number of nitrogens with one attached hydrogen (secondary N) is 1. The molecule has 2 aromatic rings. The Labute approximate surface area is 147 Å². The number of hydrogen-bond acceptors (Lipinski definition) is 4. The van der Waals surface area contributed by atoms with Crippen molar-refractivity contribution < 1.29 is 14.1 Å². The van der Waals surface area contributed by atoms with Gasteiger partial charge in [0.2, 0.25) is 5.91 Å². The van der Waals surface area contributed by atoms with Gasteiger partial charge in [0.25, 0.3) is 0 Å². The van der Waals surface area contributed by atoms with Gasteiger partial charge in [-0.2, -0.15) is 0 Å². The predicted octanol–water partition coefficient (Wildman–Crippen LogP) is 3.56. The Morgan fingerprint density at radius 2 is 2.17 bits per heavy atom. The van der Waals surface area contributed by atoms with Crippen LogP contribution in [0.2, 0.25) is 5.02 Å². The topological polar surface area (TPSA) is 64.4 Å². The van der Waals surface area contributed by atoms with Crippen LogP contribution in [-0.2, 0) is 21.6 Å². The fourth-order valence-corrected chi connectivity index (χ4v) is 2.75. The standard InChI is InChI=1S/C18H23ClN2O3/c1-12-16(13(2)24-21-12)8-9-17(22)20-11-18(3,23-4)14-6-5-7-15(19)10-14/h5-7,10H,8-9,11H2,1-4H3,(H,20,22). The number of carbonyl (C=O) groups is 1. The van der Waals surface area contributed by atoms with E-state index >= 15 is 0 Å². The average Bonchev–Trinajstić information content (AvgIpc) is 2.89. The van der Waals surface area contributed by atoms with E-state index in [0.29, 0.717) is 24.4 Å². The van der Waals surface area contributed by atoms with Crippen LogP contribution in [0.5, 0.6) is 0 Å². The van der Waals surface area contributed by atoms with Gasteiger partial charge in [-0.1, -0.05) is 28.9 Å². The number of halogens is 1. The first kappa shape index (κ1) is 18.5. The number of methoxy groups -OCH3 is 1. The summed E-state index contributed by atoms with van der Waals surface area (Å²) >= 11 is 6.05. The lowest BCUT2D eigenvalue weighted by Crippen LogP contribution is -2.40. The molecule has 1 heterocycles. The number of aromatic nitrogens is 1. The van der Waals surface area contributed by atoms with Crippen LogP contribution in [0.4, 0.5) is 0 Å². The molecule has 1 unspecified atom stereocenters. The summed E-state index contributed by atoms with van der Waals surface area (Å²) in [5, 5.41) is 7.48. The van der Waals surface area contributed by atoms with E-state index in [1.54, 1.807) is 7.11 Å². The number of rotatable bonds is 7. The van der Waals surface area contributed by atoms with E-state index < -0.39 is 5.60 Å². The van der Waals surface area contributed by atoms with Crippen molar-refractivity contribution in [2.75, 3.05) is 13.7 Å². The average molecular weight is 351 g/mol. The maximum Gasteiger partial charge on any atom is 0.220 e. The molecule has 24 heavy (non-hydrogen) atoms. The van der Waals surface area contributed by atoms with E-state index in [2.05, 4.69) is 10.5 Å². The molecule has 1 aromatic carbocycles. The summed E-state index contributed by atoms with van der Waals surface area (Å²) in [6.45, 7) is 6.02. The van der Waals surface area contributed by atoms with Gasteiger partial charge in [0.05, 0.1) is 12.2 Å². The van der Waals surface area contributed by atoms with Crippen molar-refractivity contribution >= 4 is 17.5 Å². The van der Waals surface area contributed by atoms with Crippen LogP contribution in [0.1, 0.15) is 35.9 Å². The molecule has 1 atom stereocenters. The largest absolute Gasteiger partial charge is 0.372 e.